The van der Waals surface area contributed by atoms with Crippen LogP contribution in [0.1, 0.15) is 55.5 Å². The summed E-state index contributed by atoms with van der Waals surface area (Å²) in [4.78, 5) is 14.1. The van der Waals surface area contributed by atoms with Crippen molar-refractivity contribution in [3.8, 4) is 0 Å². The molecule has 2 rings (SSSR count). The smallest absolute Gasteiger partial charge is 0.338 e. The quantitative estimate of drug-likeness (QED) is 0.497. The molecular weight excluding hydrogens is 346 g/mol. The maximum atomic E-state index is 11.8. The Morgan fingerprint density at radius 3 is 2.59 bits per heavy atom. The van der Waals surface area contributed by atoms with Crippen LogP contribution in [-0.4, -0.2) is 50.8 Å². The van der Waals surface area contributed by atoms with E-state index in [1.807, 2.05) is 12.1 Å². The van der Waals surface area contributed by atoms with E-state index in [9.17, 15) is 9.90 Å². The minimum Gasteiger partial charge on any atom is -0.465 e. The number of carbonyl (C=O) groups is 1. The lowest BCUT2D eigenvalue weighted by Gasteiger charge is -2.34. The highest BCUT2D eigenvalue weighted by molar-refractivity contribution is 5.91. The maximum Gasteiger partial charge on any atom is 0.338 e. The van der Waals surface area contributed by atoms with Gasteiger partial charge in [0.25, 0.3) is 0 Å². The number of hydrogen-bond acceptors (Lipinski definition) is 6. The molecule has 0 saturated carbocycles. The second kappa shape index (κ2) is 11.3. The molecule has 0 bridgehead atoms. The molecule has 6 nitrogen and oxygen atoms in total. The summed E-state index contributed by atoms with van der Waals surface area (Å²) in [6, 6.07) is 5.54. The van der Waals surface area contributed by atoms with Crippen LogP contribution in [0.4, 0.5) is 5.69 Å². The molecule has 1 fully saturated rings. The zero-order chi connectivity index (χ0) is 19.6. The third-order valence-electron chi connectivity index (χ3n) is 5.00. The molecule has 1 N–H and O–H groups in total. The molecule has 1 saturated heterocycles. The molecule has 6 heteroatoms. The van der Waals surface area contributed by atoms with Crippen molar-refractivity contribution in [2.75, 3.05) is 38.3 Å². The summed E-state index contributed by atoms with van der Waals surface area (Å²) in [7, 11) is 1.35. The average molecular weight is 379 g/mol. The standard InChI is InChI=1S/C21H33NO5/c1-4-12-26-20(5-2)27-15-16-8-10-22(11-9-16)18-6-7-19(21(24)25-3)17(13-18)14-23/h6-7,13,16,20,23H,4-5,8-12,14-15H2,1-3H3. The fraction of sp³-hybridized carbons (Fsp3) is 0.667. The van der Waals surface area contributed by atoms with Gasteiger partial charge in [0.2, 0.25) is 0 Å². The van der Waals surface area contributed by atoms with E-state index in [4.69, 9.17) is 14.2 Å². The topological polar surface area (TPSA) is 68.2 Å². The Kier molecular flexibility index (Phi) is 9.04. The van der Waals surface area contributed by atoms with Crippen molar-refractivity contribution in [3.05, 3.63) is 29.3 Å². The first kappa shape index (κ1) is 21.7. The summed E-state index contributed by atoms with van der Waals surface area (Å²) in [5, 5.41) is 9.58. The first-order valence-corrected chi connectivity index (χ1v) is 9.93. The summed E-state index contributed by atoms with van der Waals surface area (Å²) in [6.07, 6.45) is 3.88. The zero-order valence-electron chi connectivity index (χ0n) is 16.8. The fourth-order valence-electron chi connectivity index (χ4n) is 3.35. The Morgan fingerprint density at radius 2 is 2.00 bits per heavy atom. The van der Waals surface area contributed by atoms with Crippen molar-refractivity contribution in [2.24, 2.45) is 5.92 Å². The maximum absolute atomic E-state index is 11.8. The van der Waals surface area contributed by atoms with Crippen molar-refractivity contribution in [3.63, 3.8) is 0 Å². The zero-order valence-corrected chi connectivity index (χ0v) is 16.8. The molecule has 1 atom stereocenters. The molecule has 0 amide bonds. The normalized spacial score (nSPS) is 16.4. The van der Waals surface area contributed by atoms with E-state index >= 15 is 0 Å². The van der Waals surface area contributed by atoms with E-state index in [1.165, 1.54) is 7.11 Å². The Labute approximate surface area is 162 Å². The molecular formula is C21H33NO5. The predicted molar refractivity (Wildman–Crippen MR) is 105 cm³/mol. The summed E-state index contributed by atoms with van der Waals surface area (Å²) < 4.78 is 16.4. The summed E-state index contributed by atoms with van der Waals surface area (Å²) in [6.45, 7) is 7.35. The SMILES string of the molecule is CCCOC(CC)OCC1CCN(c2ccc(C(=O)OC)c(CO)c2)CC1. The number of nitrogens with zero attached hydrogens (tertiary/aromatic N) is 1. The van der Waals surface area contributed by atoms with E-state index in [0.717, 1.165) is 57.7 Å². The van der Waals surface area contributed by atoms with Gasteiger partial charge < -0.3 is 24.2 Å². The van der Waals surface area contributed by atoms with Gasteiger partial charge in [0.1, 0.15) is 0 Å². The summed E-state index contributed by atoms with van der Waals surface area (Å²) >= 11 is 0. The highest BCUT2D eigenvalue weighted by Crippen LogP contribution is 2.26. The number of aliphatic hydroxyl groups is 1. The van der Waals surface area contributed by atoms with E-state index in [-0.39, 0.29) is 12.9 Å². The van der Waals surface area contributed by atoms with E-state index in [2.05, 4.69) is 18.7 Å². The third-order valence-corrected chi connectivity index (χ3v) is 5.00. The van der Waals surface area contributed by atoms with Gasteiger partial charge in [0.15, 0.2) is 6.29 Å². The minimum atomic E-state index is -0.419. The molecule has 1 aromatic rings. The number of esters is 1. The molecule has 1 aliphatic rings. The van der Waals surface area contributed by atoms with Crippen LogP contribution in [-0.2, 0) is 20.8 Å². The van der Waals surface area contributed by atoms with E-state index < -0.39 is 5.97 Å². The second-order valence-electron chi connectivity index (χ2n) is 6.96. The van der Waals surface area contributed by atoms with Crippen molar-refractivity contribution >= 4 is 11.7 Å². The van der Waals surface area contributed by atoms with Gasteiger partial charge in [0.05, 0.1) is 25.9 Å². The van der Waals surface area contributed by atoms with Gasteiger partial charge in [-0.1, -0.05) is 13.8 Å². The number of anilines is 1. The van der Waals surface area contributed by atoms with Crippen LogP contribution in [0.15, 0.2) is 18.2 Å². The lowest BCUT2D eigenvalue weighted by molar-refractivity contribution is -0.152. The molecule has 0 spiro atoms. The number of rotatable bonds is 10. The van der Waals surface area contributed by atoms with Crippen LogP contribution >= 0.6 is 0 Å². The van der Waals surface area contributed by atoms with E-state index in [1.54, 1.807) is 6.07 Å². The average Bonchev–Trinajstić information content (AvgIpc) is 2.73. The van der Waals surface area contributed by atoms with Crippen LogP contribution in [0.5, 0.6) is 0 Å². The highest BCUT2D eigenvalue weighted by Gasteiger charge is 2.22. The molecule has 0 radical (unpaired) electrons. The van der Waals surface area contributed by atoms with Crippen molar-refractivity contribution in [1.29, 1.82) is 0 Å². The molecule has 1 aromatic carbocycles. The molecule has 1 unspecified atom stereocenters. The van der Waals surface area contributed by atoms with Gasteiger partial charge in [-0.15, -0.1) is 0 Å². The van der Waals surface area contributed by atoms with Crippen LogP contribution in [0.25, 0.3) is 0 Å². The van der Waals surface area contributed by atoms with Gasteiger partial charge in [-0.25, -0.2) is 4.79 Å². The number of carbonyl (C=O) groups excluding carboxylic acids is 1. The lowest BCUT2D eigenvalue weighted by atomic mass is 9.96. The summed E-state index contributed by atoms with van der Waals surface area (Å²) in [5.74, 6) is 0.115. The predicted octanol–water partition coefficient (Wildman–Crippen LogP) is 3.36. The molecule has 0 aliphatic carbocycles. The van der Waals surface area contributed by atoms with Gasteiger partial charge >= 0.3 is 5.97 Å². The second-order valence-corrected chi connectivity index (χ2v) is 6.96. The molecule has 1 aliphatic heterocycles. The van der Waals surface area contributed by atoms with Gasteiger partial charge in [-0.3, -0.25) is 0 Å². The third kappa shape index (κ3) is 6.19. The van der Waals surface area contributed by atoms with Crippen LogP contribution in [0.2, 0.25) is 0 Å². The highest BCUT2D eigenvalue weighted by atomic mass is 16.7. The molecule has 0 aromatic heterocycles. The van der Waals surface area contributed by atoms with Crippen LogP contribution < -0.4 is 4.90 Å². The monoisotopic (exact) mass is 379 g/mol. The number of methoxy groups -OCH3 is 1. The largest absolute Gasteiger partial charge is 0.465 e. The number of piperidine rings is 1. The van der Waals surface area contributed by atoms with Crippen LogP contribution in [0.3, 0.4) is 0 Å². The summed E-state index contributed by atoms with van der Waals surface area (Å²) in [5.41, 5.74) is 2.05. The lowest BCUT2D eigenvalue weighted by Crippen LogP contribution is -2.36. The Morgan fingerprint density at radius 1 is 1.26 bits per heavy atom. The first-order chi connectivity index (χ1) is 13.1. The number of ether oxygens (including phenoxy) is 3. The molecule has 152 valence electrons. The van der Waals surface area contributed by atoms with Gasteiger partial charge in [-0.2, -0.15) is 0 Å². The molecule has 1 heterocycles. The fourth-order valence-corrected chi connectivity index (χ4v) is 3.35. The number of hydrogen-bond donors (Lipinski definition) is 1. The van der Waals surface area contributed by atoms with Crippen LogP contribution in [0, 0.1) is 5.92 Å². The Balaban J connectivity index is 1.87. The Bertz CT molecular complexity index is 584. The van der Waals surface area contributed by atoms with Crippen molar-refractivity contribution < 1.29 is 24.1 Å². The first-order valence-electron chi connectivity index (χ1n) is 9.93. The number of aliphatic hydroxyl groups excluding tert-OH is 1. The number of benzene rings is 1. The van der Waals surface area contributed by atoms with E-state index in [0.29, 0.717) is 17.0 Å². The van der Waals surface area contributed by atoms with Crippen molar-refractivity contribution in [2.45, 2.75) is 52.4 Å². The van der Waals surface area contributed by atoms with Crippen molar-refractivity contribution in [1.82, 2.24) is 0 Å². The minimum absolute atomic E-state index is 0.0963. The van der Waals surface area contributed by atoms with Gasteiger partial charge in [-0.05, 0) is 55.4 Å². The molecule has 27 heavy (non-hydrogen) atoms. The van der Waals surface area contributed by atoms with Gasteiger partial charge in [0, 0.05) is 25.4 Å². The Hall–Kier alpha value is -1.63.